The molecule has 1 aromatic carbocycles. The molecule has 1 aliphatic carbocycles. The Bertz CT molecular complexity index is 850. The number of amides is 1. The summed E-state index contributed by atoms with van der Waals surface area (Å²) in [5.41, 5.74) is 6.92. The summed E-state index contributed by atoms with van der Waals surface area (Å²) >= 11 is 0. The number of hydrazone groups is 1. The summed E-state index contributed by atoms with van der Waals surface area (Å²) in [7, 11) is 0. The number of nitrogens with zero attached hydrogens (tertiary/aromatic N) is 2. The average molecular weight is 368 g/mol. The lowest BCUT2D eigenvalue weighted by molar-refractivity contribution is 0.0947. The smallest absolute Gasteiger partial charge is 0.292 e. The number of aromatic amines is 1. The van der Waals surface area contributed by atoms with Crippen molar-refractivity contribution in [3.63, 3.8) is 0 Å². The molecule has 1 amide bonds. The van der Waals surface area contributed by atoms with Crippen molar-refractivity contribution in [2.45, 2.75) is 53.4 Å². The number of fused-ring (bicyclic) bond motifs is 1. The molecule has 0 fully saturated rings. The van der Waals surface area contributed by atoms with Crippen LogP contribution in [0.25, 0.3) is 0 Å². The number of phenols is 1. The van der Waals surface area contributed by atoms with Gasteiger partial charge in [0.2, 0.25) is 0 Å². The maximum absolute atomic E-state index is 12.7. The fourth-order valence-corrected chi connectivity index (χ4v) is 3.59. The summed E-state index contributed by atoms with van der Waals surface area (Å²) in [5, 5.41) is 20.9. The van der Waals surface area contributed by atoms with E-state index in [-0.39, 0.29) is 17.1 Å². The van der Waals surface area contributed by atoms with Gasteiger partial charge in [-0.05, 0) is 67.3 Å². The van der Waals surface area contributed by atoms with Gasteiger partial charge in [0.1, 0.15) is 5.75 Å². The molecule has 0 spiro atoms. The molecule has 1 atom stereocenters. The van der Waals surface area contributed by atoms with Crippen LogP contribution in [0.5, 0.6) is 5.75 Å². The second kappa shape index (κ2) is 7.55. The van der Waals surface area contributed by atoms with E-state index in [1.54, 1.807) is 24.3 Å². The molecule has 27 heavy (non-hydrogen) atoms. The van der Waals surface area contributed by atoms with Crippen LogP contribution >= 0.6 is 0 Å². The number of benzene rings is 1. The van der Waals surface area contributed by atoms with Crippen molar-refractivity contribution in [2.75, 3.05) is 0 Å². The number of hydrogen-bond donors (Lipinski definition) is 3. The third-order valence-electron chi connectivity index (χ3n) is 5.99. The van der Waals surface area contributed by atoms with Gasteiger partial charge >= 0.3 is 0 Å². The van der Waals surface area contributed by atoms with E-state index in [0.717, 1.165) is 42.5 Å². The largest absolute Gasteiger partial charge is 0.508 e. The zero-order valence-corrected chi connectivity index (χ0v) is 16.5. The van der Waals surface area contributed by atoms with Gasteiger partial charge in [0.25, 0.3) is 5.91 Å². The Labute approximate surface area is 160 Å². The Kier molecular flexibility index (Phi) is 5.35. The molecule has 0 saturated carbocycles. The molecule has 0 bridgehead atoms. The number of nitrogens with one attached hydrogen (secondary N) is 2. The number of carbonyl (C=O) groups is 1. The maximum Gasteiger partial charge on any atom is 0.292 e. The van der Waals surface area contributed by atoms with Crippen LogP contribution in [0.15, 0.2) is 29.4 Å². The third kappa shape index (κ3) is 4.04. The first kappa shape index (κ1) is 19.1. The van der Waals surface area contributed by atoms with Crippen LogP contribution in [0.4, 0.5) is 0 Å². The number of carbonyl (C=O) groups excluding carboxylic acids is 1. The summed E-state index contributed by atoms with van der Waals surface area (Å²) in [6, 6.07) is 6.70. The summed E-state index contributed by atoms with van der Waals surface area (Å²) in [4.78, 5) is 12.7. The molecule has 3 rings (SSSR count). The van der Waals surface area contributed by atoms with Gasteiger partial charge in [-0.15, -0.1) is 0 Å². The molecule has 2 aromatic rings. The van der Waals surface area contributed by atoms with Crippen molar-refractivity contribution in [1.82, 2.24) is 15.6 Å². The van der Waals surface area contributed by atoms with E-state index in [4.69, 9.17) is 0 Å². The quantitative estimate of drug-likeness (QED) is 0.554. The maximum atomic E-state index is 12.7. The molecule has 144 valence electrons. The van der Waals surface area contributed by atoms with Crippen molar-refractivity contribution >= 4 is 11.6 Å². The van der Waals surface area contributed by atoms with Crippen LogP contribution in [-0.2, 0) is 12.8 Å². The lowest BCUT2D eigenvalue weighted by atomic mass is 9.69. The predicted molar refractivity (Wildman–Crippen MR) is 106 cm³/mol. The first-order valence-electron chi connectivity index (χ1n) is 9.52. The molecule has 6 nitrogen and oxygen atoms in total. The van der Waals surface area contributed by atoms with Gasteiger partial charge in [-0.2, -0.15) is 10.2 Å². The minimum absolute atomic E-state index is 0.197. The van der Waals surface area contributed by atoms with Crippen LogP contribution in [0.2, 0.25) is 0 Å². The summed E-state index contributed by atoms with van der Waals surface area (Å²) in [6.07, 6.45) is 4.04. The molecular formula is C21H28N4O2. The SMILES string of the molecule is CCC(C)(C)C1CCc2[nH]nc(C(=O)NN=C(C)c3ccc(O)cc3)c2C1. The van der Waals surface area contributed by atoms with Crippen molar-refractivity contribution < 1.29 is 9.90 Å². The highest BCUT2D eigenvalue weighted by Crippen LogP contribution is 2.40. The van der Waals surface area contributed by atoms with Crippen LogP contribution in [0, 0.1) is 11.3 Å². The van der Waals surface area contributed by atoms with Crippen molar-refractivity contribution in [3.8, 4) is 5.75 Å². The lowest BCUT2D eigenvalue weighted by Gasteiger charge is -2.36. The molecule has 3 N–H and O–H groups in total. The van der Waals surface area contributed by atoms with Crippen molar-refractivity contribution in [1.29, 1.82) is 0 Å². The van der Waals surface area contributed by atoms with Gasteiger partial charge < -0.3 is 5.11 Å². The number of H-pyrrole nitrogens is 1. The monoisotopic (exact) mass is 368 g/mol. The van der Waals surface area contributed by atoms with Gasteiger partial charge in [-0.1, -0.05) is 27.2 Å². The molecular weight excluding hydrogens is 340 g/mol. The van der Waals surface area contributed by atoms with Gasteiger partial charge in [-0.3, -0.25) is 9.89 Å². The Hall–Kier alpha value is -2.63. The molecule has 0 aliphatic heterocycles. The normalized spacial score (nSPS) is 17.5. The Balaban J connectivity index is 1.74. The van der Waals surface area contributed by atoms with Crippen LogP contribution in [0.3, 0.4) is 0 Å². The van der Waals surface area contributed by atoms with Gasteiger partial charge in [0, 0.05) is 11.3 Å². The second-order valence-corrected chi connectivity index (χ2v) is 8.00. The lowest BCUT2D eigenvalue weighted by Crippen LogP contribution is -2.30. The minimum Gasteiger partial charge on any atom is -0.508 e. The van der Waals surface area contributed by atoms with Crippen LogP contribution < -0.4 is 5.43 Å². The number of aromatic nitrogens is 2. The first-order chi connectivity index (χ1) is 12.8. The fraction of sp³-hybridized carbons (Fsp3) is 0.476. The number of hydrogen-bond acceptors (Lipinski definition) is 4. The molecule has 1 aromatic heterocycles. The summed E-state index contributed by atoms with van der Waals surface area (Å²) in [6.45, 7) is 8.63. The van der Waals surface area contributed by atoms with E-state index in [9.17, 15) is 9.90 Å². The molecule has 1 unspecified atom stereocenters. The van der Waals surface area contributed by atoms with Crippen LogP contribution in [-0.4, -0.2) is 26.9 Å². The van der Waals surface area contributed by atoms with E-state index in [1.165, 1.54) is 0 Å². The summed E-state index contributed by atoms with van der Waals surface area (Å²) < 4.78 is 0. The Morgan fingerprint density at radius 1 is 1.37 bits per heavy atom. The zero-order chi connectivity index (χ0) is 19.6. The highest BCUT2D eigenvalue weighted by Gasteiger charge is 2.34. The van der Waals surface area contributed by atoms with E-state index >= 15 is 0 Å². The molecule has 0 radical (unpaired) electrons. The molecule has 1 aliphatic rings. The zero-order valence-electron chi connectivity index (χ0n) is 16.5. The second-order valence-electron chi connectivity index (χ2n) is 8.00. The highest BCUT2D eigenvalue weighted by atomic mass is 16.3. The molecule has 1 heterocycles. The van der Waals surface area contributed by atoms with E-state index < -0.39 is 0 Å². The number of aromatic hydroxyl groups is 1. The van der Waals surface area contributed by atoms with Crippen molar-refractivity contribution in [3.05, 3.63) is 46.8 Å². The average Bonchev–Trinajstić information content (AvgIpc) is 3.09. The first-order valence-corrected chi connectivity index (χ1v) is 9.52. The van der Waals surface area contributed by atoms with E-state index in [1.807, 2.05) is 6.92 Å². The number of rotatable bonds is 5. The van der Waals surface area contributed by atoms with Crippen molar-refractivity contribution in [2.24, 2.45) is 16.4 Å². The Morgan fingerprint density at radius 3 is 2.74 bits per heavy atom. The standard InChI is InChI=1S/C21H28N4O2/c1-5-21(3,4)15-8-11-18-17(12-15)19(24-23-18)20(27)25-22-13(2)14-6-9-16(26)10-7-14/h6-7,9-10,15,26H,5,8,11-12H2,1-4H3,(H,23,24)(H,25,27). The number of aryl methyl sites for hydroxylation is 1. The van der Waals surface area contributed by atoms with E-state index in [0.29, 0.717) is 17.3 Å². The topological polar surface area (TPSA) is 90.4 Å². The Morgan fingerprint density at radius 2 is 2.07 bits per heavy atom. The molecule has 0 saturated heterocycles. The number of phenolic OH excluding ortho intramolecular Hbond substituents is 1. The minimum atomic E-state index is -0.291. The van der Waals surface area contributed by atoms with Gasteiger partial charge in [-0.25, -0.2) is 5.43 Å². The van der Waals surface area contributed by atoms with Gasteiger partial charge in [0.05, 0.1) is 5.71 Å². The third-order valence-corrected chi connectivity index (χ3v) is 5.99. The van der Waals surface area contributed by atoms with Crippen LogP contribution in [0.1, 0.15) is 67.8 Å². The van der Waals surface area contributed by atoms with Gasteiger partial charge in [0.15, 0.2) is 5.69 Å². The van der Waals surface area contributed by atoms with E-state index in [2.05, 4.69) is 41.5 Å². The fourth-order valence-electron chi connectivity index (χ4n) is 3.59. The molecule has 6 heteroatoms. The predicted octanol–water partition coefficient (Wildman–Crippen LogP) is 3.81. The summed E-state index contributed by atoms with van der Waals surface area (Å²) in [5.74, 6) is 0.449. The highest BCUT2D eigenvalue weighted by molar-refractivity contribution is 6.00.